The minimum absolute atomic E-state index is 0.176. The fraction of sp³-hybridized carbons (Fsp3) is 0.250. The van der Waals surface area contributed by atoms with Crippen molar-refractivity contribution in [3.8, 4) is 0 Å². The molecule has 0 fully saturated rings. The van der Waals surface area contributed by atoms with E-state index in [4.69, 9.17) is 16.3 Å². The Balaban J connectivity index is 2.21. The molecule has 1 atom stereocenters. The maximum Gasteiger partial charge on any atom is 0.123 e. The van der Waals surface area contributed by atoms with Gasteiger partial charge in [-0.05, 0) is 29.7 Å². The molecule has 19 heavy (non-hydrogen) atoms. The smallest absolute Gasteiger partial charge is 0.123 e. The van der Waals surface area contributed by atoms with Gasteiger partial charge in [-0.25, -0.2) is 4.39 Å². The summed E-state index contributed by atoms with van der Waals surface area (Å²) < 4.78 is 18.9. The Morgan fingerprint density at radius 3 is 2.21 bits per heavy atom. The van der Waals surface area contributed by atoms with Crippen molar-refractivity contribution in [2.75, 3.05) is 12.5 Å². The van der Waals surface area contributed by atoms with Gasteiger partial charge in [0.05, 0.1) is 0 Å². The topological polar surface area (TPSA) is 9.23 Å². The summed E-state index contributed by atoms with van der Waals surface area (Å²) >= 11 is 5.67. The van der Waals surface area contributed by atoms with Crippen molar-refractivity contribution in [1.82, 2.24) is 0 Å². The average Bonchev–Trinajstić information content (AvgIpc) is 2.46. The number of halogens is 2. The lowest BCUT2D eigenvalue weighted by atomic mass is 10.0. The molecule has 0 radical (unpaired) electrons. The Morgan fingerprint density at radius 2 is 1.58 bits per heavy atom. The maximum absolute atomic E-state index is 13.0. The van der Waals surface area contributed by atoms with Crippen molar-refractivity contribution in [2.45, 2.75) is 12.5 Å². The minimum atomic E-state index is -0.240. The molecule has 0 saturated carbocycles. The Hall–Kier alpha value is -1.38. The lowest BCUT2D eigenvalue weighted by molar-refractivity contribution is 0.0810. The number of benzene rings is 2. The molecular weight excluding hydrogens is 263 g/mol. The van der Waals surface area contributed by atoms with Crippen LogP contribution >= 0.6 is 11.6 Å². The molecule has 0 heterocycles. The third-order valence-corrected chi connectivity index (χ3v) is 3.10. The summed E-state index contributed by atoms with van der Waals surface area (Å²) in [6.07, 6.45) is 0.622. The molecule has 0 saturated heterocycles. The molecule has 1 unspecified atom stereocenters. The highest BCUT2D eigenvalue weighted by atomic mass is 35.5. The molecule has 0 spiro atoms. The lowest BCUT2D eigenvalue weighted by Crippen LogP contribution is -2.08. The molecule has 2 rings (SSSR count). The molecule has 0 aromatic heterocycles. The molecule has 3 heteroatoms. The third kappa shape index (κ3) is 4.05. The van der Waals surface area contributed by atoms with E-state index in [9.17, 15) is 4.39 Å². The Labute approximate surface area is 118 Å². The second-order valence-electron chi connectivity index (χ2n) is 4.26. The van der Waals surface area contributed by atoms with Crippen LogP contribution in [0.4, 0.5) is 4.39 Å². The fourth-order valence-corrected chi connectivity index (χ4v) is 2.02. The van der Waals surface area contributed by atoms with Crippen LogP contribution in [0.5, 0.6) is 0 Å². The van der Waals surface area contributed by atoms with Crippen LogP contribution in [0.3, 0.4) is 0 Å². The maximum atomic E-state index is 13.0. The number of rotatable bonds is 6. The van der Waals surface area contributed by atoms with E-state index in [1.807, 2.05) is 30.3 Å². The summed E-state index contributed by atoms with van der Waals surface area (Å²) in [6.45, 7) is 0.584. The van der Waals surface area contributed by atoms with Crippen molar-refractivity contribution < 1.29 is 9.13 Å². The van der Waals surface area contributed by atoms with Crippen molar-refractivity contribution in [1.29, 1.82) is 0 Å². The SMILES string of the molecule is Fc1ccc(C(OCCCCl)c2ccccc2)cc1. The van der Waals surface area contributed by atoms with E-state index in [1.54, 1.807) is 12.1 Å². The van der Waals surface area contributed by atoms with E-state index in [2.05, 4.69) is 0 Å². The van der Waals surface area contributed by atoms with Gasteiger partial charge >= 0.3 is 0 Å². The van der Waals surface area contributed by atoms with Crippen LogP contribution < -0.4 is 0 Å². The number of ether oxygens (including phenoxy) is 1. The summed E-state index contributed by atoms with van der Waals surface area (Å²) in [4.78, 5) is 0. The standard InChI is InChI=1S/C16H16ClFO/c17-11-4-12-19-16(13-5-2-1-3-6-13)14-7-9-15(18)10-8-14/h1-3,5-10,16H,4,11-12H2. The molecular formula is C16H16ClFO. The van der Waals surface area contributed by atoms with Crippen molar-refractivity contribution in [3.63, 3.8) is 0 Å². The Morgan fingerprint density at radius 1 is 0.947 bits per heavy atom. The molecule has 0 aliphatic heterocycles. The fourth-order valence-electron chi connectivity index (χ4n) is 1.91. The van der Waals surface area contributed by atoms with Crippen molar-refractivity contribution in [3.05, 3.63) is 71.5 Å². The van der Waals surface area contributed by atoms with E-state index in [1.165, 1.54) is 12.1 Å². The van der Waals surface area contributed by atoms with E-state index in [0.29, 0.717) is 12.5 Å². The molecule has 0 N–H and O–H groups in total. The van der Waals surface area contributed by atoms with Gasteiger partial charge in [0, 0.05) is 12.5 Å². The highest BCUT2D eigenvalue weighted by Gasteiger charge is 2.14. The second-order valence-corrected chi connectivity index (χ2v) is 4.63. The zero-order valence-corrected chi connectivity index (χ0v) is 11.3. The first-order chi connectivity index (χ1) is 9.31. The normalized spacial score (nSPS) is 12.3. The first-order valence-electron chi connectivity index (χ1n) is 6.29. The number of alkyl halides is 1. The largest absolute Gasteiger partial charge is 0.369 e. The molecule has 2 aromatic rings. The van der Waals surface area contributed by atoms with Crippen LogP contribution in [0.25, 0.3) is 0 Å². The second kappa shape index (κ2) is 7.27. The molecule has 0 aliphatic carbocycles. The van der Waals surface area contributed by atoms with Crippen molar-refractivity contribution in [2.24, 2.45) is 0 Å². The monoisotopic (exact) mass is 278 g/mol. The van der Waals surface area contributed by atoms with Gasteiger partial charge in [-0.15, -0.1) is 11.6 Å². The first kappa shape index (κ1) is 14.0. The van der Waals surface area contributed by atoms with E-state index in [-0.39, 0.29) is 11.9 Å². The number of hydrogen-bond acceptors (Lipinski definition) is 1. The third-order valence-electron chi connectivity index (χ3n) is 2.84. The Bertz CT molecular complexity index is 484. The first-order valence-corrected chi connectivity index (χ1v) is 6.82. The zero-order chi connectivity index (χ0) is 13.5. The predicted octanol–water partition coefficient (Wildman–Crippen LogP) is 4.56. The van der Waals surface area contributed by atoms with Crippen molar-refractivity contribution >= 4 is 11.6 Å². The molecule has 100 valence electrons. The van der Waals surface area contributed by atoms with Gasteiger partial charge in [0.1, 0.15) is 11.9 Å². The van der Waals surface area contributed by atoms with E-state index < -0.39 is 0 Å². The predicted molar refractivity (Wildman–Crippen MR) is 76.0 cm³/mol. The summed E-state index contributed by atoms with van der Waals surface area (Å²) in [7, 11) is 0. The van der Waals surface area contributed by atoms with Gasteiger partial charge in [0.15, 0.2) is 0 Å². The van der Waals surface area contributed by atoms with Gasteiger partial charge in [-0.3, -0.25) is 0 Å². The molecule has 0 aliphatic rings. The van der Waals surface area contributed by atoms with E-state index >= 15 is 0 Å². The molecule has 2 aromatic carbocycles. The lowest BCUT2D eigenvalue weighted by Gasteiger charge is -2.18. The van der Waals surface area contributed by atoms with Crippen LogP contribution in [0.15, 0.2) is 54.6 Å². The highest BCUT2D eigenvalue weighted by Crippen LogP contribution is 2.26. The summed E-state index contributed by atoms with van der Waals surface area (Å²) in [5, 5.41) is 0. The van der Waals surface area contributed by atoms with Gasteiger partial charge < -0.3 is 4.74 Å². The minimum Gasteiger partial charge on any atom is -0.369 e. The molecule has 0 amide bonds. The van der Waals surface area contributed by atoms with Crippen LogP contribution in [-0.4, -0.2) is 12.5 Å². The summed E-state index contributed by atoms with van der Waals surface area (Å²) in [5.74, 6) is 0.335. The average molecular weight is 279 g/mol. The van der Waals surface area contributed by atoms with Gasteiger partial charge in [-0.2, -0.15) is 0 Å². The van der Waals surface area contributed by atoms with Gasteiger partial charge in [0.25, 0.3) is 0 Å². The zero-order valence-electron chi connectivity index (χ0n) is 10.6. The summed E-state index contributed by atoms with van der Waals surface area (Å²) in [6, 6.07) is 16.3. The van der Waals surface area contributed by atoms with Crippen LogP contribution in [0.1, 0.15) is 23.7 Å². The quantitative estimate of drug-likeness (QED) is 0.556. The molecule has 0 bridgehead atoms. The van der Waals surface area contributed by atoms with Crippen LogP contribution in [-0.2, 0) is 4.74 Å². The highest BCUT2D eigenvalue weighted by molar-refractivity contribution is 6.17. The van der Waals surface area contributed by atoms with Gasteiger partial charge in [0.2, 0.25) is 0 Å². The number of hydrogen-bond donors (Lipinski definition) is 0. The van der Waals surface area contributed by atoms with E-state index in [0.717, 1.165) is 17.5 Å². The Kier molecular flexibility index (Phi) is 5.37. The summed E-state index contributed by atoms with van der Waals surface area (Å²) in [5.41, 5.74) is 2.01. The van der Waals surface area contributed by atoms with Gasteiger partial charge in [-0.1, -0.05) is 42.5 Å². The van der Waals surface area contributed by atoms with Crippen LogP contribution in [0.2, 0.25) is 0 Å². The molecule has 1 nitrogen and oxygen atoms in total. The van der Waals surface area contributed by atoms with Crippen LogP contribution in [0, 0.1) is 5.82 Å².